The Kier molecular flexibility index (Phi) is 11.5. The summed E-state index contributed by atoms with van der Waals surface area (Å²) in [6.07, 6.45) is 5.89. The van der Waals surface area contributed by atoms with Gasteiger partial charge in [-0.2, -0.15) is 5.10 Å². The van der Waals surface area contributed by atoms with Gasteiger partial charge in [0.1, 0.15) is 16.3 Å². The van der Waals surface area contributed by atoms with Crippen LogP contribution in [0.5, 0.6) is 5.75 Å². The highest BCUT2D eigenvalue weighted by atomic mass is 79.9. The van der Waals surface area contributed by atoms with E-state index in [9.17, 15) is 28.8 Å². The van der Waals surface area contributed by atoms with Gasteiger partial charge in [0.2, 0.25) is 11.8 Å². The molecule has 3 aromatic rings. The average molecular weight is 777 g/mol. The van der Waals surface area contributed by atoms with E-state index in [4.69, 9.17) is 4.74 Å². The Balaban J connectivity index is 0.909. The van der Waals surface area contributed by atoms with Gasteiger partial charge < -0.3 is 20.3 Å². The minimum Gasteiger partial charge on any atom is -0.493 e. The third-order valence-electron chi connectivity index (χ3n) is 9.76. The van der Waals surface area contributed by atoms with E-state index in [1.54, 1.807) is 25.4 Å². The van der Waals surface area contributed by atoms with E-state index >= 15 is 0 Å². The molecular formula is C37H42BrN7O7. The molecule has 0 radical (unpaired) electrons. The molecule has 15 heteroatoms. The van der Waals surface area contributed by atoms with Crippen LogP contribution in [0.4, 0.5) is 5.69 Å². The number of piperidine rings is 2. The number of anilines is 1. The molecule has 14 nitrogen and oxygen atoms in total. The molecule has 4 heterocycles. The average Bonchev–Trinajstić information content (AvgIpc) is 3.38. The summed E-state index contributed by atoms with van der Waals surface area (Å²) >= 11 is 3.40. The number of carbonyl (C=O) groups is 5. The Hall–Kier alpha value is -4.89. The molecule has 0 aliphatic carbocycles. The number of imide groups is 2. The van der Waals surface area contributed by atoms with Crippen LogP contribution in [0.2, 0.25) is 0 Å². The Morgan fingerprint density at radius 1 is 0.981 bits per heavy atom. The Morgan fingerprint density at radius 3 is 2.52 bits per heavy atom. The zero-order chi connectivity index (χ0) is 36.9. The molecular weight excluding hydrogens is 734 g/mol. The van der Waals surface area contributed by atoms with E-state index in [-0.39, 0.29) is 47.4 Å². The SMILES string of the molecule is CN1C[C@H](Nc2cnn(C)c(=O)c2Br)C[C@H](c2ccc(C(=O)NCCCCCCOc3cccc4c3C(=O)N(C3CCC(=O)NC3=O)C4=O)cc2)C1. The van der Waals surface area contributed by atoms with Crippen LogP contribution in [-0.2, 0) is 16.6 Å². The van der Waals surface area contributed by atoms with Gasteiger partial charge in [-0.25, -0.2) is 4.68 Å². The van der Waals surface area contributed by atoms with Crippen LogP contribution in [0.1, 0.15) is 87.5 Å². The van der Waals surface area contributed by atoms with E-state index in [0.717, 1.165) is 49.2 Å². The molecule has 2 aromatic carbocycles. The van der Waals surface area contributed by atoms with Crippen molar-refractivity contribution in [2.75, 3.05) is 38.6 Å². The van der Waals surface area contributed by atoms with Crippen molar-refractivity contribution < 1.29 is 28.7 Å². The number of fused-ring (bicyclic) bond motifs is 1. The van der Waals surface area contributed by atoms with Crippen LogP contribution in [0.15, 0.2) is 57.9 Å². The Bertz CT molecular complexity index is 1930. The summed E-state index contributed by atoms with van der Waals surface area (Å²) < 4.78 is 7.66. The fourth-order valence-corrected chi connectivity index (χ4v) is 7.55. The molecule has 5 amide bonds. The van der Waals surface area contributed by atoms with Gasteiger partial charge in [-0.15, -0.1) is 0 Å². The monoisotopic (exact) mass is 775 g/mol. The Labute approximate surface area is 309 Å². The predicted molar refractivity (Wildman–Crippen MR) is 195 cm³/mol. The predicted octanol–water partition coefficient (Wildman–Crippen LogP) is 3.21. The van der Waals surface area contributed by atoms with Gasteiger partial charge in [-0.05, 0) is 84.4 Å². The molecule has 1 unspecified atom stereocenters. The molecule has 0 bridgehead atoms. The second-order valence-corrected chi connectivity index (χ2v) is 14.4. The van der Waals surface area contributed by atoms with Crippen molar-refractivity contribution in [3.05, 3.63) is 85.7 Å². The number of unbranched alkanes of at least 4 members (excludes halogenated alkanes) is 3. The molecule has 0 spiro atoms. The van der Waals surface area contributed by atoms with Crippen molar-refractivity contribution in [2.24, 2.45) is 7.05 Å². The van der Waals surface area contributed by atoms with Crippen molar-refractivity contribution in [1.29, 1.82) is 0 Å². The molecule has 3 aliphatic rings. The van der Waals surface area contributed by atoms with Crippen molar-refractivity contribution in [3.8, 4) is 5.75 Å². The van der Waals surface area contributed by atoms with Crippen LogP contribution >= 0.6 is 15.9 Å². The quantitative estimate of drug-likeness (QED) is 0.173. The number of likely N-dealkylation sites (tertiary alicyclic amines) is 1. The van der Waals surface area contributed by atoms with Gasteiger partial charge in [-0.1, -0.05) is 31.0 Å². The number of likely N-dealkylation sites (N-methyl/N-ethyl adjacent to an activating group) is 1. The van der Waals surface area contributed by atoms with Crippen molar-refractivity contribution >= 4 is 51.2 Å². The summed E-state index contributed by atoms with van der Waals surface area (Å²) in [5, 5.41) is 12.8. The number of hydrogen-bond donors (Lipinski definition) is 3. The number of aryl methyl sites for hydroxylation is 1. The lowest BCUT2D eigenvalue weighted by atomic mass is 9.87. The molecule has 1 aromatic heterocycles. The zero-order valence-electron chi connectivity index (χ0n) is 29.2. The largest absolute Gasteiger partial charge is 0.493 e. The van der Waals surface area contributed by atoms with E-state index in [1.165, 1.54) is 10.7 Å². The van der Waals surface area contributed by atoms with E-state index in [1.807, 2.05) is 24.3 Å². The first-order valence-corrected chi connectivity index (χ1v) is 18.3. The van der Waals surface area contributed by atoms with Crippen molar-refractivity contribution in [2.45, 2.75) is 62.9 Å². The number of aromatic nitrogens is 2. The molecule has 3 N–H and O–H groups in total. The topological polar surface area (TPSA) is 172 Å². The highest BCUT2D eigenvalue weighted by molar-refractivity contribution is 9.10. The van der Waals surface area contributed by atoms with Crippen molar-refractivity contribution in [3.63, 3.8) is 0 Å². The lowest BCUT2D eigenvalue weighted by Crippen LogP contribution is -2.54. The molecule has 0 saturated carbocycles. The first kappa shape index (κ1) is 36.9. The second kappa shape index (κ2) is 16.2. The first-order valence-electron chi connectivity index (χ1n) is 17.5. The van der Waals surface area contributed by atoms with Gasteiger partial charge in [-0.3, -0.25) is 39.0 Å². The third-order valence-corrected chi connectivity index (χ3v) is 10.5. The van der Waals surface area contributed by atoms with Crippen LogP contribution in [0.3, 0.4) is 0 Å². The number of amides is 5. The fourth-order valence-electron chi connectivity index (χ4n) is 7.07. The number of rotatable bonds is 13. The number of ether oxygens (including phenoxy) is 1. The van der Waals surface area contributed by atoms with Gasteiger partial charge >= 0.3 is 0 Å². The van der Waals surface area contributed by atoms with Crippen LogP contribution < -0.4 is 26.2 Å². The highest BCUT2D eigenvalue weighted by Gasteiger charge is 2.46. The lowest BCUT2D eigenvalue weighted by molar-refractivity contribution is -0.136. The van der Waals surface area contributed by atoms with Crippen LogP contribution in [0, 0.1) is 0 Å². The summed E-state index contributed by atoms with van der Waals surface area (Å²) in [5.74, 6) is -1.81. The molecule has 2 fully saturated rings. The zero-order valence-corrected chi connectivity index (χ0v) is 30.7. The number of nitrogens with zero attached hydrogens (tertiary/aromatic N) is 4. The summed E-state index contributed by atoms with van der Waals surface area (Å²) in [5.41, 5.74) is 2.57. The molecule has 3 aliphatic heterocycles. The molecule has 3 atom stereocenters. The maximum absolute atomic E-state index is 13.2. The van der Waals surface area contributed by atoms with Gasteiger partial charge in [0.25, 0.3) is 23.3 Å². The third kappa shape index (κ3) is 8.10. The van der Waals surface area contributed by atoms with Gasteiger partial charge in [0.05, 0.1) is 29.6 Å². The van der Waals surface area contributed by atoms with Gasteiger partial charge in [0.15, 0.2) is 0 Å². The molecule has 274 valence electrons. The molecule has 52 heavy (non-hydrogen) atoms. The highest BCUT2D eigenvalue weighted by Crippen LogP contribution is 2.34. The second-order valence-electron chi connectivity index (χ2n) is 13.6. The number of carbonyl (C=O) groups excluding carboxylic acids is 5. The van der Waals surface area contributed by atoms with E-state index in [2.05, 4.69) is 48.9 Å². The minimum absolute atomic E-state index is 0.0570. The lowest BCUT2D eigenvalue weighted by Gasteiger charge is -2.37. The maximum atomic E-state index is 13.2. The fraction of sp³-hybridized carbons (Fsp3) is 0.432. The maximum Gasteiger partial charge on any atom is 0.282 e. The summed E-state index contributed by atoms with van der Waals surface area (Å²) in [6, 6.07) is 11.7. The van der Waals surface area contributed by atoms with Gasteiger partial charge in [0, 0.05) is 44.7 Å². The smallest absolute Gasteiger partial charge is 0.282 e. The normalized spacial score (nSPS) is 20.4. The summed E-state index contributed by atoms with van der Waals surface area (Å²) in [6.45, 7) is 2.59. The van der Waals surface area contributed by atoms with E-state index in [0.29, 0.717) is 41.0 Å². The number of benzene rings is 2. The molecule has 2 saturated heterocycles. The number of halogens is 1. The first-order chi connectivity index (χ1) is 25.0. The standard InChI is InChI=1S/C37H42BrN7O7/c1-43-20-24(18-25(21-43)41-27-19-40-44(2)37(51)32(27)38)22-10-12-23(13-11-22)33(47)39-16-5-3-4-6-17-52-29-9-7-8-26-31(29)36(50)45(35(26)49)28-14-15-30(46)42-34(28)48/h7-13,19,24-25,28,41H,3-6,14-18,20-21H2,1-2H3,(H,39,47)(H,42,46,48)/t24-,25+,28?/m0/s1. The van der Waals surface area contributed by atoms with Crippen LogP contribution in [-0.4, -0.2) is 94.5 Å². The molecule has 6 rings (SSSR count). The summed E-state index contributed by atoms with van der Waals surface area (Å²) in [4.78, 5) is 78.5. The van der Waals surface area contributed by atoms with Crippen LogP contribution in [0.25, 0.3) is 0 Å². The summed E-state index contributed by atoms with van der Waals surface area (Å²) in [7, 11) is 3.69. The number of nitrogens with one attached hydrogen (secondary N) is 3. The minimum atomic E-state index is -1.03. The Morgan fingerprint density at radius 2 is 1.75 bits per heavy atom. The number of hydrogen-bond acceptors (Lipinski definition) is 10. The van der Waals surface area contributed by atoms with Crippen molar-refractivity contribution in [1.82, 2.24) is 30.2 Å². The van der Waals surface area contributed by atoms with E-state index < -0.39 is 29.7 Å².